The predicted molar refractivity (Wildman–Crippen MR) is 85.1 cm³/mol. The van der Waals surface area contributed by atoms with Crippen molar-refractivity contribution in [2.24, 2.45) is 0 Å². The average Bonchev–Trinajstić information content (AvgIpc) is 2.61. The predicted octanol–water partition coefficient (Wildman–Crippen LogP) is 3.55. The van der Waals surface area contributed by atoms with Gasteiger partial charge in [-0.1, -0.05) is 36.4 Å². The highest BCUT2D eigenvalue weighted by atomic mass is 15.0. The van der Waals surface area contributed by atoms with E-state index in [0.29, 0.717) is 11.4 Å². The van der Waals surface area contributed by atoms with Crippen LogP contribution in [0, 0.1) is 11.3 Å². The first-order valence-corrected chi connectivity index (χ1v) is 6.96. The molecule has 1 aromatic carbocycles. The average molecular weight is 286 g/mol. The molecule has 3 rings (SSSR count). The molecule has 0 bridgehead atoms. The highest BCUT2D eigenvalue weighted by molar-refractivity contribution is 5.54. The maximum atomic E-state index is 9.23. The minimum Gasteiger partial charge on any atom is -0.357 e. The van der Waals surface area contributed by atoms with Crippen molar-refractivity contribution < 1.29 is 0 Å². The van der Waals surface area contributed by atoms with Gasteiger partial charge in [-0.25, -0.2) is 4.98 Å². The number of aromatic nitrogens is 2. The van der Waals surface area contributed by atoms with Crippen molar-refractivity contribution in [2.75, 3.05) is 5.32 Å². The van der Waals surface area contributed by atoms with Gasteiger partial charge in [0.15, 0.2) is 0 Å². The Morgan fingerprint density at radius 3 is 2.36 bits per heavy atom. The molecule has 3 aromatic rings. The smallest absolute Gasteiger partial charge is 0.144 e. The van der Waals surface area contributed by atoms with E-state index in [1.54, 1.807) is 24.5 Å². The Balaban J connectivity index is 2.02. The standard InChI is InChI=1S/C18H14N4/c19-13-15-9-6-12-21-18(15)22-17(14-7-2-1-3-8-14)16-10-4-5-11-20-16/h1-12,17H,(H,21,22). The van der Waals surface area contributed by atoms with E-state index in [1.807, 2.05) is 48.5 Å². The van der Waals surface area contributed by atoms with Crippen molar-refractivity contribution in [2.45, 2.75) is 6.04 Å². The molecule has 4 nitrogen and oxygen atoms in total. The molecule has 1 unspecified atom stereocenters. The first-order chi connectivity index (χ1) is 10.9. The summed E-state index contributed by atoms with van der Waals surface area (Å²) in [5, 5.41) is 12.6. The highest BCUT2D eigenvalue weighted by Crippen LogP contribution is 2.25. The summed E-state index contributed by atoms with van der Waals surface area (Å²) in [6.45, 7) is 0. The van der Waals surface area contributed by atoms with Crippen LogP contribution in [0.1, 0.15) is 22.9 Å². The van der Waals surface area contributed by atoms with Gasteiger partial charge in [0, 0.05) is 12.4 Å². The molecule has 2 aromatic heterocycles. The van der Waals surface area contributed by atoms with E-state index in [1.165, 1.54) is 0 Å². The molecule has 22 heavy (non-hydrogen) atoms. The van der Waals surface area contributed by atoms with Crippen molar-refractivity contribution in [1.29, 1.82) is 5.26 Å². The molecule has 0 saturated carbocycles. The molecule has 0 aliphatic carbocycles. The molecular weight excluding hydrogens is 272 g/mol. The summed E-state index contributed by atoms with van der Waals surface area (Å²) < 4.78 is 0. The van der Waals surface area contributed by atoms with Gasteiger partial charge >= 0.3 is 0 Å². The van der Waals surface area contributed by atoms with Crippen molar-refractivity contribution in [1.82, 2.24) is 9.97 Å². The van der Waals surface area contributed by atoms with Gasteiger partial charge in [-0.3, -0.25) is 4.98 Å². The largest absolute Gasteiger partial charge is 0.357 e. The van der Waals surface area contributed by atoms with Gasteiger partial charge in [0.2, 0.25) is 0 Å². The molecule has 0 fully saturated rings. The minimum atomic E-state index is -0.163. The maximum absolute atomic E-state index is 9.23. The molecule has 0 saturated heterocycles. The lowest BCUT2D eigenvalue weighted by Crippen LogP contribution is -2.15. The monoisotopic (exact) mass is 286 g/mol. The van der Waals surface area contributed by atoms with Crippen molar-refractivity contribution in [3.8, 4) is 6.07 Å². The van der Waals surface area contributed by atoms with E-state index in [0.717, 1.165) is 11.3 Å². The van der Waals surface area contributed by atoms with Gasteiger partial charge in [0.05, 0.1) is 17.3 Å². The van der Waals surface area contributed by atoms with Crippen LogP contribution in [0.2, 0.25) is 0 Å². The summed E-state index contributed by atoms with van der Waals surface area (Å²) in [4.78, 5) is 8.71. The summed E-state index contributed by atoms with van der Waals surface area (Å²) in [5.41, 5.74) is 2.46. The SMILES string of the molecule is N#Cc1cccnc1NC(c1ccccc1)c1ccccn1. The Labute approximate surface area is 129 Å². The van der Waals surface area contributed by atoms with Crippen LogP contribution in [0.5, 0.6) is 0 Å². The number of nitrogens with zero attached hydrogens (tertiary/aromatic N) is 3. The molecule has 0 spiro atoms. The number of benzene rings is 1. The molecule has 2 heterocycles. The number of hydrogen-bond donors (Lipinski definition) is 1. The van der Waals surface area contributed by atoms with E-state index < -0.39 is 0 Å². The quantitative estimate of drug-likeness (QED) is 0.796. The summed E-state index contributed by atoms with van der Waals surface area (Å²) >= 11 is 0. The summed E-state index contributed by atoms with van der Waals surface area (Å²) in [6.07, 6.45) is 3.43. The second-order valence-electron chi connectivity index (χ2n) is 4.75. The Hall–Kier alpha value is -3.19. The fourth-order valence-electron chi connectivity index (χ4n) is 2.27. The van der Waals surface area contributed by atoms with Crippen LogP contribution in [-0.4, -0.2) is 9.97 Å². The van der Waals surface area contributed by atoms with Crippen LogP contribution in [0.3, 0.4) is 0 Å². The number of pyridine rings is 2. The molecule has 4 heteroatoms. The highest BCUT2D eigenvalue weighted by Gasteiger charge is 2.17. The zero-order chi connectivity index (χ0) is 15.2. The minimum absolute atomic E-state index is 0.163. The first kappa shape index (κ1) is 13.8. The van der Waals surface area contributed by atoms with Gasteiger partial charge in [0.1, 0.15) is 11.9 Å². The third-order valence-corrected chi connectivity index (χ3v) is 3.33. The fourth-order valence-corrected chi connectivity index (χ4v) is 2.27. The number of hydrogen-bond acceptors (Lipinski definition) is 4. The Bertz CT molecular complexity index is 739. The van der Waals surface area contributed by atoms with Crippen LogP contribution < -0.4 is 5.32 Å². The van der Waals surface area contributed by atoms with Crippen LogP contribution in [-0.2, 0) is 0 Å². The van der Waals surface area contributed by atoms with Crippen LogP contribution in [0.4, 0.5) is 5.82 Å². The summed E-state index contributed by atoms with van der Waals surface area (Å²) in [6, 6.07) is 21.3. The number of rotatable bonds is 4. The Morgan fingerprint density at radius 1 is 0.864 bits per heavy atom. The lowest BCUT2D eigenvalue weighted by Gasteiger charge is -2.19. The summed E-state index contributed by atoms with van der Waals surface area (Å²) in [7, 11) is 0. The molecule has 106 valence electrons. The zero-order valence-electron chi connectivity index (χ0n) is 11.8. The van der Waals surface area contributed by atoms with Gasteiger partial charge in [0.25, 0.3) is 0 Å². The van der Waals surface area contributed by atoms with E-state index in [9.17, 15) is 5.26 Å². The van der Waals surface area contributed by atoms with Crippen molar-refractivity contribution in [3.63, 3.8) is 0 Å². The molecule has 1 atom stereocenters. The topological polar surface area (TPSA) is 61.6 Å². The normalized spacial score (nSPS) is 11.4. The molecule has 1 N–H and O–H groups in total. The van der Waals surface area contributed by atoms with E-state index in [2.05, 4.69) is 21.4 Å². The van der Waals surface area contributed by atoms with Gasteiger partial charge in [-0.05, 0) is 29.8 Å². The second-order valence-corrected chi connectivity index (χ2v) is 4.75. The fraction of sp³-hybridized carbons (Fsp3) is 0.0556. The second kappa shape index (κ2) is 6.51. The van der Waals surface area contributed by atoms with E-state index in [4.69, 9.17) is 0 Å². The van der Waals surface area contributed by atoms with Gasteiger partial charge in [-0.15, -0.1) is 0 Å². The van der Waals surface area contributed by atoms with Crippen LogP contribution in [0.15, 0.2) is 73.1 Å². The molecular formula is C18H14N4. The zero-order valence-corrected chi connectivity index (χ0v) is 11.8. The Kier molecular flexibility index (Phi) is 4.08. The maximum Gasteiger partial charge on any atom is 0.144 e. The van der Waals surface area contributed by atoms with Crippen molar-refractivity contribution in [3.05, 3.63) is 89.9 Å². The number of nitriles is 1. The summed E-state index contributed by atoms with van der Waals surface area (Å²) in [5.74, 6) is 0.560. The van der Waals surface area contributed by atoms with E-state index in [-0.39, 0.29) is 6.04 Å². The Morgan fingerprint density at radius 2 is 1.64 bits per heavy atom. The lowest BCUT2D eigenvalue weighted by atomic mass is 10.0. The van der Waals surface area contributed by atoms with E-state index >= 15 is 0 Å². The molecule has 0 radical (unpaired) electrons. The van der Waals surface area contributed by atoms with Crippen molar-refractivity contribution >= 4 is 5.82 Å². The third kappa shape index (κ3) is 2.94. The van der Waals surface area contributed by atoms with Crippen LogP contribution >= 0.6 is 0 Å². The van der Waals surface area contributed by atoms with Crippen LogP contribution in [0.25, 0.3) is 0 Å². The first-order valence-electron chi connectivity index (χ1n) is 6.96. The number of nitrogens with one attached hydrogen (secondary N) is 1. The third-order valence-electron chi connectivity index (χ3n) is 3.33. The number of anilines is 1. The lowest BCUT2D eigenvalue weighted by molar-refractivity contribution is 0.877. The molecule has 0 aliphatic heterocycles. The molecule has 0 aliphatic rings. The van der Waals surface area contributed by atoms with Gasteiger partial charge in [-0.2, -0.15) is 5.26 Å². The van der Waals surface area contributed by atoms with Gasteiger partial charge < -0.3 is 5.32 Å². The molecule has 0 amide bonds.